The molecule has 6 nitrogen and oxygen atoms in total. The van der Waals surface area contributed by atoms with Crippen molar-refractivity contribution in [2.24, 2.45) is 0 Å². The fourth-order valence-electron chi connectivity index (χ4n) is 3.46. The standard InChI is InChI=1S/C22H18BrN3O3/c1-24-20(27)17(21(28)25(2)22(24)29)11-15-13-26(19-10-6-4-8-16(15)19)12-14-7-3-5-9-18(14)23/h3-11,13H,12H2,1-2H3. The monoisotopic (exact) mass is 451 g/mol. The summed E-state index contributed by atoms with van der Waals surface area (Å²) >= 11 is 3.58. The van der Waals surface area contributed by atoms with E-state index in [4.69, 9.17) is 0 Å². The van der Waals surface area contributed by atoms with Gasteiger partial charge >= 0.3 is 6.03 Å². The molecule has 0 radical (unpaired) electrons. The predicted octanol–water partition coefficient (Wildman–Crippen LogP) is 3.89. The lowest BCUT2D eigenvalue weighted by atomic mass is 10.1. The minimum absolute atomic E-state index is 0.0293. The Hall–Kier alpha value is -3.19. The second-order valence-corrected chi connectivity index (χ2v) is 7.74. The van der Waals surface area contributed by atoms with Crippen molar-refractivity contribution in [2.75, 3.05) is 14.1 Å². The Morgan fingerprint density at radius 2 is 1.52 bits per heavy atom. The van der Waals surface area contributed by atoms with Gasteiger partial charge in [0, 0.05) is 47.8 Å². The molecule has 7 heteroatoms. The second kappa shape index (κ2) is 7.33. The number of urea groups is 1. The summed E-state index contributed by atoms with van der Waals surface area (Å²) in [6, 6.07) is 15.2. The molecule has 146 valence electrons. The van der Waals surface area contributed by atoms with Crippen LogP contribution in [0.25, 0.3) is 17.0 Å². The highest BCUT2D eigenvalue weighted by atomic mass is 79.9. The number of imide groups is 2. The number of halogens is 1. The van der Waals surface area contributed by atoms with Crippen LogP contribution in [-0.4, -0.2) is 46.3 Å². The van der Waals surface area contributed by atoms with Gasteiger partial charge in [-0.3, -0.25) is 19.4 Å². The second-order valence-electron chi connectivity index (χ2n) is 6.89. The highest BCUT2D eigenvalue weighted by Gasteiger charge is 2.37. The van der Waals surface area contributed by atoms with Crippen molar-refractivity contribution in [1.29, 1.82) is 0 Å². The first-order valence-corrected chi connectivity index (χ1v) is 9.81. The summed E-state index contributed by atoms with van der Waals surface area (Å²) in [6.07, 6.45) is 3.50. The summed E-state index contributed by atoms with van der Waals surface area (Å²) in [7, 11) is 2.75. The summed E-state index contributed by atoms with van der Waals surface area (Å²) < 4.78 is 3.09. The smallest absolute Gasteiger partial charge is 0.333 e. The van der Waals surface area contributed by atoms with Crippen molar-refractivity contribution in [1.82, 2.24) is 14.4 Å². The molecule has 3 aromatic rings. The van der Waals surface area contributed by atoms with Crippen molar-refractivity contribution in [3.63, 3.8) is 0 Å². The largest absolute Gasteiger partial charge is 0.342 e. The molecule has 2 aromatic carbocycles. The van der Waals surface area contributed by atoms with E-state index in [2.05, 4.69) is 20.5 Å². The number of carbonyl (C=O) groups is 3. The van der Waals surface area contributed by atoms with Gasteiger partial charge in [0.15, 0.2) is 0 Å². The Morgan fingerprint density at radius 3 is 2.21 bits per heavy atom. The first kappa shape index (κ1) is 19.1. The highest BCUT2D eigenvalue weighted by Crippen LogP contribution is 2.27. The molecule has 2 heterocycles. The third kappa shape index (κ3) is 3.27. The van der Waals surface area contributed by atoms with Crippen molar-refractivity contribution >= 4 is 50.8 Å². The number of barbiturate groups is 1. The SMILES string of the molecule is CN1C(=O)C(=Cc2cn(Cc3ccccc3Br)c3ccccc23)C(=O)N(C)C1=O. The Morgan fingerprint density at radius 1 is 0.897 bits per heavy atom. The van der Waals surface area contributed by atoms with Gasteiger partial charge in [0.2, 0.25) is 0 Å². The third-order valence-corrected chi connectivity index (χ3v) is 5.84. The van der Waals surface area contributed by atoms with Gasteiger partial charge in [0.25, 0.3) is 11.8 Å². The van der Waals surface area contributed by atoms with Crippen LogP contribution in [0.1, 0.15) is 11.1 Å². The molecule has 0 aliphatic carbocycles. The van der Waals surface area contributed by atoms with Crippen LogP contribution in [0.3, 0.4) is 0 Å². The average molecular weight is 452 g/mol. The molecule has 4 amide bonds. The van der Waals surface area contributed by atoms with Crippen molar-refractivity contribution in [3.05, 3.63) is 75.9 Å². The molecule has 0 atom stereocenters. The normalized spacial score (nSPS) is 14.9. The van der Waals surface area contributed by atoms with E-state index in [1.165, 1.54) is 14.1 Å². The Bertz CT molecular complexity index is 1170. The fraction of sp³-hybridized carbons (Fsp3) is 0.136. The lowest BCUT2D eigenvalue weighted by molar-refractivity contribution is -0.134. The van der Waals surface area contributed by atoms with Gasteiger partial charge in [-0.2, -0.15) is 0 Å². The Kier molecular flexibility index (Phi) is 4.84. The minimum Gasteiger partial charge on any atom is -0.342 e. The van der Waals surface area contributed by atoms with Crippen molar-refractivity contribution in [3.8, 4) is 0 Å². The molecule has 1 saturated heterocycles. The summed E-state index contributed by atoms with van der Waals surface area (Å²) in [5, 5.41) is 0.926. The topological polar surface area (TPSA) is 62.6 Å². The van der Waals surface area contributed by atoms with Gasteiger partial charge in [-0.15, -0.1) is 0 Å². The molecule has 0 unspecified atom stereocenters. The predicted molar refractivity (Wildman–Crippen MR) is 114 cm³/mol. The highest BCUT2D eigenvalue weighted by molar-refractivity contribution is 9.10. The number of hydrogen-bond donors (Lipinski definition) is 0. The van der Waals surface area contributed by atoms with Gasteiger partial charge < -0.3 is 4.57 Å². The van der Waals surface area contributed by atoms with Crippen molar-refractivity contribution in [2.45, 2.75) is 6.54 Å². The van der Waals surface area contributed by atoms with E-state index in [0.29, 0.717) is 6.54 Å². The number of aromatic nitrogens is 1. The molecular formula is C22H18BrN3O3. The zero-order valence-electron chi connectivity index (χ0n) is 15.9. The molecule has 0 saturated carbocycles. The van der Waals surface area contributed by atoms with Crippen LogP contribution in [0.5, 0.6) is 0 Å². The van der Waals surface area contributed by atoms with Crippen molar-refractivity contribution < 1.29 is 14.4 Å². The number of fused-ring (bicyclic) bond motifs is 1. The van der Waals surface area contributed by atoms with E-state index in [1.807, 2.05) is 54.7 Å². The fourth-order valence-corrected chi connectivity index (χ4v) is 3.87. The lowest BCUT2D eigenvalue weighted by Gasteiger charge is -2.28. The maximum Gasteiger partial charge on any atom is 0.333 e. The number of para-hydroxylation sites is 1. The number of rotatable bonds is 3. The van der Waals surface area contributed by atoms with E-state index in [-0.39, 0.29) is 5.57 Å². The lowest BCUT2D eigenvalue weighted by Crippen LogP contribution is -2.52. The van der Waals surface area contributed by atoms with Gasteiger partial charge in [-0.1, -0.05) is 52.3 Å². The number of benzene rings is 2. The zero-order chi connectivity index (χ0) is 20.7. The van der Waals surface area contributed by atoms with Crippen LogP contribution >= 0.6 is 15.9 Å². The van der Waals surface area contributed by atoms with E-state index in [1.54, 1.807) is 6.08 Å². The molecule has 0 bridgehead atoms. The first-order valence-electron chi connectivity index (χ1n) is 9.01. The van der Waals surface area contributed by atoms with E-state index >= 15 is 0 Å². The van der Waals surface area contributed by atoms with Gasteiger partial charge in [-0.05, 0) is 23.8 Å². The number of amides is 4. The molecule has 1 aliphatic rings. The summed E-state index contributed by atoms with van der Waals surface area (Å²) in [4.78, 5) is 39.0. The van der Waals surface area contributed by atoms with Gasteiger partial charge in [0.05, 0.1) is 0 Å². The maximum atomic E-state index is 12.6. The number of carbonyl (C=O) groups excluding carboxylic acids is 3. The Labute approximate surface area is 176 Å². The zero-order valence-corrected chi connectivity index (χ0v) is 17.5. The van der Waals surface area contributed by atoms with Crippen LogP contribution in [0.15, 0.2) is 64.8 Å². The molecule has 4 rings (SSSR count). The summed E-state index contributed by atoms with van der Waals surface area (Å²) in [5.74, 6) is -1.19. The molecule has 0 N–H and O–H groups in total. The first-order chi connectivity index (χ1) is 13.9. The van der Waals surface area contributed by atoms with Crippen LogP contribution in [-0.2, 0) is 16.1 Å². The molecular weight excluding hydrogens is 434 g/mol. The van der Waals surface area contributed by atoms with E-state index < -0.39 is 17.8 Å². The van der Waals surface area contributed by atoms with E-state index in [0.717, 1.165) is 36.3 Å². The van der Waals surface area contributed by atoms with E-state index in [9.17, 15) is 14.4 Å². The van der Waals surface area contributed by atoms with Crippen LogP contribution in [0.4, 0.5) is 4.79 Å². The van der Waals surface area contributed by atoms with Crippen LogP contribution < -0.4 is 0 Å². The number of hydrogen-bond acceptors (Lipinski definition) is 3. The molecule has 29 heavy (non-hydrogen) atoms. The summed E-state index contributed by atoms with van der Waals surface area (Å²) in [6.45, 7) is 0.630. The van der Waals surface area contributed by atoms with Crippen LogP contribution in [0.2, 0.25) is 0 Å². The van der Waals surface area contributed by atoms with Crippen LogP contribution in [0, 0.1) is 0 Å². The maximum absolute atomic E-state index is 12.6. The average Bonchev–Trinajstić information content (AvgIpc) is 3.07. The molecule has 1 aliphatic heterocycles. The Balaban J connectivity index is 1.82. The number of likely N-dealkylation sites (N-methyl/N-ethyl adjacent to an activating group) is 2. The third-order valence-electron chi connectivity index (χ3n) is 5.06. The van der Waals surface area contributed by atoms with Gasteiger partial charge in [0.1, 0.15) is 5.57 Å². The minimum atomic E-state index is -0.631. The number of nitrogens with zero attached hydrogens (tertiary/aromatic N) is 3. The molecule has 1 aromatic heterocycles. The van der Waals surface area contributed by atoms with Gasteiger partial charge in [-0.25, -0.2) is 4.79 Å². The molecule has 0 spiro atoms. The molecule has 1 fully saturated rings. The summed E-state index contributed by atoms with van der Waals surface area (Å²) in [5.41, 5.74) is 2.82. The quantitative estimate of drug-likeness (QED) is 0.448.